The highest BCUT2D eigenvalue weighted by molar-refractivity contribution is 5.29. The lowest BCUT2D eigenvalue weighted by Crippen LogP contribution is -2.47. The van der Waals surface area contributed by atoms with Gasteiger partial charge in [-0.25, -0.2) is 0 Å². The zero-order chi connectivity index (χ0) is 17.0. The van der Waals surface area contributed by atoms with Crippen LogP contribution < -0.4 is 5.32 Å². The highest BCUT2D eigenvalue weighted by atomic mass is 19.4. The summed E-state index contributed by atoms with van der Waals surface area (Å²) in [7, 11) is 0. The number of alkyl halides is 3. The summed E-state index contributed by atoms with van der Waals surface area (Å²) in [6, 6.07) is 6.24. The van der Waals surface area contributed by atoms with Crippen LogP contribution in [-0.4, -0.2) is 43.8 Å². The molecule has 0 saturated carbocycles. The first kappa shape index (κ1) is 17.7. The number of nitrogens with zero attached hydrogens (tertiary/aromatic N) is 1. The van der Waals surface area contributed by atoms with E-state index in [0.29, 0.717) is 24.1 Å². The van der Waals surface area contributed by atoms with E-state index in [4.69, 9.17) is 4.74 Å². The average molecular weight is 342 g/mol. The summed E-state index contributed by atoms with van der Waals surface area (Å²) in [6.45, 7) is 4.48. The van der Waals surface area contributed by atoms with Gasteiger partial charge in [-0.2, -0.15) is 13.2 Å². The van der Waals surface area contributed by atoms with Crippen molar-refractivity contribution < 1.29 is 17.9 Å². The van der Waals surface area contributed by atoms with Gasteiger partial charge in [0.1, 0.15) is 0 Å². The van der Waals surface area contributed by atoms with Crippen molar-refractivity contribution in [3.63, 3.8) is 0 Å². The van der Waals surface area contributed by atoms with Crippen molar-refractivity contribution in [1.29, 1.82) is 0 Å². The van der Waals surface area contributed by atoms with Crippen LogP contribution in [0.3, 0.4) is 0 Å². The molecule has 0 amide bonds. The summed E-state index contributed by atoms with van der Waals surface area (Å²) in [5, 5.41) is 3.38. The predicted molar refractivity (Wildman–Crippen MR) is 86.7 cm³/mol. The van der Waals surface area contributed by atoms with E-state index in [1.807, 2.05) is 0 Å². The van der Waals surface area contributed by atoms with Gasteiger partial charge >= 0.3 is 6.18 Å². The molecule has 0 aromatic heterocycles. The lowest BCUT2D eigenvalue weighted by Gasteiger charge is -2.36. The van der Waals surface area contributed by atoms with E-state index < -0.39 is 11.7 Å². The zero-order valence-corrected chi connectivity index (χ0v) is 13.8. The van der Waals surface area contributed by atoms with Gasteiger partial charge in [-0.05, 0) is 43.4 Å². The van der Waals surface area contributed by atoms with E-state index in [1.165, 1.54) is 12.1 Å². The number of hydrogen-bond donors (Lipinski definition) is 1. The van der Waals surface area contributed by atoms with Crippen LogP contribution in [0.1, 0.15) is 30.4 Å². The maximum atomic E-state index is 13.3. The first-order valence-corrected chi connectivity index (χ1v) is 8.71. The first-order valence-electron chi connectivity index (χ1n) is 8.71. The Kier molecular flexibility index (Phi) is 5.79. The molecule has 2 heterocycles. The molecule has 2 aliphatic heterocycles. The second-order valence-corrected chi connectivity index (χ2v) is 6.81. The highest BCUT2D eigenvalue weighted by Gasteiger charge is 2.34. The molecule has 2 atom stereocenters. The minimum Gasteiger partial charge on any atom is -0.381 e. The summed E-state index contributed by atoms with van der Waals surface area (Å²) >= 11 is 0. The number of rotatable bonds is 5. The van der Waals surface area contributed by atoms with Crippen LogP contribution in [0.5, 0.6) is 0 Å². The topological polar surface area (TPSA) is 24.5 Å². The largest absolute Gasteiger partial charge is 0.416 e. The van der Waals surface area contributed by atoms with Crippen molar-refractivity contribution >= 4 is 0 Å². The molecule has 1 aromatic rings. The van der Waals surface area contributed by atoms with Gasteiger partial charge in [-0.3, -0.25) is 4.90 Å². The Hall–Kier alpha value is -1.11. The number of ether oxygens (including phenoxy) is 1. The summed E-state index contributed by atoms with van der Waals surface area (Å²) in [4.78, 5) is 2.23. The summed E-state index contributed by atoms with van der Waals surface area (Å²) < 4.78 is 45.3. The third-order valence-electron chi connectivity index (χ3n) is 5.00. The van der Waals surface area contributed by atoms with Crippen LogP contribution in [0.2, 0.25) is 0 Å². The second kappa shape index (κ2) is 7.85. The van der Waals surface area contributed by atoms with Crippen molar-refractivity contribution in [2.75, 3.05) is 32.8 Å². The maximum absolute atomic E-state index is 13.3. The number of benzene rings is 1. The van der Waals surface area contributed by atoms with E-state index in [2.05, 4.69) is 10.2 Å². The molecule has 3 nitrogen and oxygen atoms in total. The van der Waals surface area contributed by atoms with Crippen molar-refractivity contribution in [3.05, 3.63) is 35.4 Å². The third-order valence-corrected chi connectivity index (χ3v) is 5.00. The Morgan fingerprint density at radius 3 is 2.71 bits per heavy atom. The predicted octanol–water partition coefficient (Wildman–Crippen LogP) is 3.30. The van der Waals surface area contributed by atoms with Crippen LogP contribution in [0.25, 0.3) is 0 Å². The maximum Gasteiger partial charge on any atom is 0.416 e. The molecule has 0 spiro atoms. The Morgan fingerprint density at radius 2 is 2.04 bits per heavy atom. The lowest BCUT2D eigenvalue weighted by atomic mass is 10.00. The molecule has 2 aliphatic rings. The van der Waals surface area contributed by atoms with E-state index in [1.54, 1.807) is 12.1 Å². The van der Waals surface area contributed by atoms with Crippen molar-refractivity contribution in [3.8, 4) is 0 Å². The van der Waals surface area contributed by atoms with Gasteiger partial charge in [-0.15, -0.1) is 0 Å². The molecule has 0 radical (unpaired) electrons. The molecule has 1 N–H and O–H groups in total. The third kappa shape index (κ3) is 4.49. The lowest BCUT2D eigenvalue weighted by molar-refractivity contribution is -0.138. The van der Waals surface area contributed by atoms with Gasteiger partial charge in [0.15, 0.2) is 0 Å². The molecule has 1 aromatic carbocycles. The Bertz CT molecular complexity index is 523. The van der Waals surface area contributed by atoms with Crippen molar-refractivity contribution in [2.45, 2.75) is 38.0 Å². The fourth-order valence-electron chi connectivity index (χ4n) is 3.70. The minimum absolute atomic E-state index is 0.292. The molecule has 3 rings (SSSR count). The Morgan fingerprint density at radius 1 is 1.21 bits per heavy atom. The van der Waals surface area contributed by atoms with Gasteiger partial charge in [0.05, 0.1) is 12.2 Å². The Balaban J connectivity index is 1.78. The molecule has 24 heavy (non-hydrogen) atoms. The standard InChI is InChI=1S/C18H25F3N2O/c19-18(20,21)17-6-2-1-4-15(17)12-23(11-14-7-9-24-13-14)16-5-3-8-22-10-16/h1-2,4,6,14,16,22H,3,5,7-13H2. The Labute approximate surface area is 141 Å². The number of piperidine rings is 1. The summed E-state index contributed by atoms with van der Waals surface area (Å²) in [6.07, 6.45) is -1.20. The van der Waals surface area contributed by atoms with Gasteiger partial charge in [-0.1, -0.05) is 18.2 Å². The number of nitrogens with one attached hydrogen (secondary N) is 1. The molecule has 2 fully saturated rings. The minimum atomic E-state index is -4.30. The smallest absolute Gasteiger partial charge is 0.381 e. The number of hydrogen-bond acceptors (Lipinski definition) is 3. The highest BCUT2D eigenvalue weighted by Crippen LogP contribution is 2.33. The fraction of sp³-hybridized carbons (Fsp3) is 0.667. The normalized spacial score (nSPS) is 25.3. The summed E-state index contributed by atoms with van der Waals surface area (Å²) in [5.41, 5.74) is -0.143. The molecule has 6 heteroatoms. The molecule has 0 bridgehead atoms. The number of halogens is 3. The fourth-order valence-corrected chi connectivity index (χ4v) is 3.70. The van der Waals surface area contributed by atoms with E-state index in [0.717, 1.165) is 52.1 Å². The molecule has 2 unspecified atom stereocenters. The van der Waals surface area contributed by atoms with Crippen LogP contribution >= 0.6 is 0 Å². The second-order valence-electron chi connectivity index (χ2n) is 6.81. The van der Waals surface area contributed by atoms with Gasteiger partial charge < -0.3 is 10.1 Å². The van der Waals surface area contributed by atoms with Gasteiger partial charge in [0.25, 0.3) is 0 Å². The van der Waals surface area contributed by atoms with Crippen LogP contribution in [0, 0.1) is 5.92 Å². The molecular formula is C18H25F3N2O. The van der Waals surface area contributed by atoms with Crippen molar-refractivity contribution in [2.24, 2.45) is 5.92 Å². The van der Waals surface area contributed by atoms with Crippen LogP contribution in [0.15, 0.2) is 24.3 Å². The average Bonchev–Trinajstić information content (AvgIpc) is 3.08. The monoisotopic (exact) mass is 342 g/mol. The molecular weight excluding hydrogens is 317 g/mol. The van der Waals surface area contributed by atoms with Gasteiger partial charge in [0.2, 0.25) is 0 Å². The van der Waals surface area contributed by atoms with Crippen LogP contribution in [0.4, 0.5) is 13.2 Å². The zero-order valence-electron chi connectivity index (χ0n) is 13.8. The van der Waals surface area contributed by atoms with E-state index >= 15 is 0 Å². The van der Waals surface area contributed by atoms with Gasteiger partial charge in [0, 0.05) is 32.3 Å². The quantitative estimate of drug-likeness (QED) is 0.889. The van der Waals surface area contributed by atoms with E-state index in [-0.39, 0.29) is 0 Å². The SMILES string of the molecule is FC(F)(F)c1ccccc1CN(CC1CCOC1)C1CCCNC1. The molecule has 0 aliphatic carbocycles. The van der Waals surface area contributed by atoms with Crippen LogP contribution in [-0.2, 0) is 17.5 Å². The van der Waals surface area contributed by atoms with E-state index in [9.17, 15) is 13.2 Å². The van der Waals surface area contributed by atoms with Crippen molar-refractivity contribution in [1.82, 2.24) is 10.2 Å². The molecule has 2 saturated heterocycles. The summed E-state index contributed by atoms with van der Waals surface area (Å²) in [5.74, 6) is 0.421. The first-order chi connectivity index (χ1) is 11.5. The molecule has 134 valence electrons.